The van der Waals surface area contributed by atoms with Gasteiger partial charge in [0, 0.05) is 19.8 Å². The Morgan fingerprint density at radius 1 is 1.14 bits per heavy atom. The van der Waals surface area contributed by atoms with Crippen molar-refractivity contribution < 1.29 is 17.9 Å². The Kier molecular flexibility index (Phi) is 4.57. The summed E-state index contributed by atoms with van der Waals surface area (Å²) in [6.45, 7) is 4.85. The zero-order chi connectivity index (χ0) is 15.7. The van der Waals surface area contributed by atoms with Crippen LogP contribution in [0.5, 0.6) is 0 Å². The maximum absolute atomic E-state index is 12.0. The minimum Gasteiger partial charge on any atom is -0.378 e. The summed E-state index contributed by atoms with van der Waals surface area (Å²) in [5.41, 5.74) is 0.838. The number of sulfonamides is 1. The van der Waals surface area contributed by atoms with Gasteiger partial charge in [-0.25, -0.2) is 12.7 Å². The first-order chi connectivity index (χ1) is 9.71. The molecule has 0 unspecified atom stereocenters. The van der Waals surface area contributed by atoms with E-state index < -0.39 is 15.8 Å². The average Bonchev–Trinajstić information content (AvgIpc) is 2.42. The lowest BCUT2D eigenvalue weighted by Crippen LogP contribution is -2.45. The van der Waals surface area contributed by atoms with Crippen LogP contribution in [0, 0.1) is 0 Å². The third kappa shape index (κ3) is 3.94. The van der Waals surface area contributed by atoms with Crippen LogP contribution in [0.1, 0.15) is 13.8 Å². The van der Waals surface area contributed by atoms with E-state index in [-0.39, 0.29) is 10.9 Å². The van der Waals surface area contributed by atoms with Gasteiger partial charge in [0.2, 0.25) is 10.0 Å². The van der Waals surface area contributed by atoms with E-state index in [2.05, 4.69) is 5.32 Å². The van der Waals surface area contributed by atoms with E-state index >= 15 is 0 Å². The molecule has 1 saturated heterocycles. The van der Waals surface area contributed by atoms with Gasteiger partial charge in [-0.3, -0.25) is 0 Å². The van der Waals surface area contributed by atoms with E-state index in [1.165, 1.54) is 18.4 Å². The van der Waals surface area contributed by atoms with Gasteiger partial charge in [-0.15, -0.1) is 0 Å². The lowest BCUT2D eigenvalue weighted by atomic mass is 10.2. The van der Waals surface area contributed by atoms with Crippen LogP contribution < -0.4 is 5.32 Å². The van der Waals surface area contributed by atoms with E-state index in [4.69, 9.17) is 9.47 Å². The molecule has 118 valence electrons. The van der Waals surface area contributed by atoms with Gasteiger partial charge < -0.3 is 14.8 Å². The van der Waals surface area contributed by atoms with Gasteiger partial charge in [-0.05, 0) is 38.1 Å². The first-order valence-electron chi connectivity index (χ1n) is 6.78. The highest BCUT2D eigenvalue weighted by Gasteiger charge is 2.28. The summed E-state index contributed by atoms with van der Waals surface area (Å²) in [4.78, 5) is 0.273. The Bertz CT molecular complexity index is 571. The molecule has 0 amide bonds. The van der Waals surface area contributed by atoms with Crippen molar-refractivity contribution >= 4 is 15.7 Å². The molecule has 2 rings (SSSR count). The van der Waals surface area contributed by atoms with E-state index in [1.54, 1.807) is 24.3 Å². The zero-order valence-electron chi connectivity index (χ0n) is 12.8. The van der Waals surface area contributed by atoms with Crippen molar-refractivity contribution in [2.24, 2.45) is 0 Å². The molecule has 0 aromatic heterocycles. The highest BCUT2D eigenvalue weighted by Crippen LogP contribution is 2.21. The number of anilines is 1. The second-order valence-electron chi connectivity index (χ2n) is 5.67. The van der Waals surface area contributed by atoms with Gasteiger partial charge in [-0.1, -0.05) is 0 Å². The van der Waals surface area contributed by atoms with Crippen LogP contribution in [0.4, 0.5) is 5.69 Å². The molecular weight excluding hydrogens is 292 g/mol. The molecule has 0 bridgehead atoms. The van der Waals surface area contributed by atoms with Crippen molar-refractivity contribution in [1.29, 1.82) is 0 Å². The molecule has 21 heavy (non-hydrogen) atoms. The Balaban J connectivity index is 2.01. The topological polar surface area (TPSA) is 67.9 Å². The fourth-order valence-corrected chi connectivity index (χ4v) is 2.85. The minimum absolute atomic E-state index is 0.0503. The summed E-state index contributed by atoms with van der Waals surface area (Å²) >= 11 is 0. The van der Waals surface area contributed by atoms with Crippen LogP contribution >= 0.6 is 0 Å². The normalized spacial score (nSPS) is 19.7. The van der Waals surface area contributed by atoms with E-state index in [0.29, 0.717) is 13.2 Å². The number of ether oxygens (including phenoxy) is 2. The van der Waals surface area contributed by atoms with E-state index in [1.807, 2.05) is 13.8 Å². The van der Waals surface area contributed by atoms with Gasteiger partial charge in [-0.2, -0.15) is 0 Å². The average molecular weight is 314 g/mol. The summed E-state index contributed by atoms with van der Waals surface area (Å²) in [7, 11) is -0.358. The molecular formula is C14H22N2O4S. The lowest BCUT2D eigenvalue weighted by Gasteiger charge is -2.35. The SMILES string of the molecule is CN(C)S(=O)(=O)c1ccc(NC2COC(C)(C)OC2)cc1. The minimum atomic E-state index is -3.39. The van der Waals surface area contributed by atoms with Crippen molar-refractivity contribution in [3.8, 4) is 0 Å². The van der Waals surface area contributed by atoms with Gasteiger partial charge in [0.05, 0.1) is 24.2 Å². The Morgan fingerprint density at radius 3 is 2.14 bits per heavy atom. The molecule has 0 radical (unpaired) electrons. The fraction of sp³-hybridized carbons (Fsp3) is 0.571. The summed E-state index contributed by atoms with van der Waals surface area (Å²) in [5.74, 6) is -0.540. The van der Waals surface area contributed by atoms with Gasteiger partial charge in [0.15, 0.2) is 5.79 Å². The molecule has 0 spiro atoms. The maximum Gasteiger partial charge on any atom is 0.242 e. The lowest BCUT2D eigenvalue weighted by molar-refractivity contribution is -0.247. The van der Waals surface area contributed by atoms with Gasteiger partial charge in [0.25, 0.3) is 0 Å². The Labute approximate surface area is 126 Å². The van der Waals surface area contributed by atoms with Crippen LogP contribution in [0.15, 0.2) is 29.2 Å². The standard InChI is InChI=1S/C14H22N2O4S/c1-14(2)19-9-12(10-20-14)15-11-5-7-13(8-6-11)21(17,18)16(3)4/h5-8,12,15H,9-10H2,1-4H3. The number of nitrogens with zero attached hydrogens (tertiary/aromatic N) is 1. The molecule has 1 aliphatic heterocycles. The largest absolute Gasteiger partial charge is 0.378 e. The van der Waals surface area contributed by atoms with E-state index in [0.717, 1.165) is 5.69 Å². The number of hydrogen-bond donors (Lipinski definition) is 1. The second-order valence-corrected chi connectivity index (χ2v) is 7.83. The van der Waals surface area contributed by atoms with Crippen molar-refractivity contribution in [1.82, 2.24) is 4.31 Å². The molecule has 1 N–H and O–H groups in total. The molecule has 1 aromatic rings. The summed E-state index contributed by atoms with van der Waals surface area (Å²) < 4.78 is 36.3. The molecule has 1 heterocycles. The van der Waals surface area contributed by atoms with Crippen molar-refractivity contribution in [3.63, 3.8) is 0 Å². The fourth-order valence-electron chi connectivity index (χ4n) is 1.95. The van der Waals surface area contributed by atoms with Crippen LogP contribution in [0.3, 0.4) is 0 Å². The highest BCUT2D eigenvalue weighted by molar-refractivity contribution is 7.89. The quantitative estimate of drug-likeness (QED) is 0.912. The predicted molar refractivity (Wildman–Crippen MR) is 80.7 cm³/mol. The Morgan fingerprint density at radius 2 is 1.67 bits per heavy atom. The number of nitrogens with one attached hydrogen (secondary N) is 1. The zero-order valence-corrected chi connectivity index (χ0v) is 13.6. The summed E-state index contributed by atoms with van der Waals surface area (Å²) in [6.07, 6.45) is 0. The van der Waals surface area contributed by atoms with Crippen LogP contribution in [0.2, 0.25) is 0 Å². The maximum atomic E-state index is 12.0. The first kappa shape index (κ1) is 16.2. The predicted octanol–water partition coefficient (Wildman–Crippen LogP) is 1.50. The Hall–Kier alpha value is -1.15. The molecule has 7 heteroatoms. The molecule has 1 fully saturated rings. The van der Waals surface area contributed by atoms with Gasteiger partial charge >= 0.3 is 0 Å². The molecule has 1 aromatic carbocycles. The van der Waals surface area contributed by atoms with Crippen LogP contribution in [0.25, 0.3) is 0 Å². The monoisotopic (exact) mass is 314 g/mol. The number of hydrogen-bond acceptors (Lipinski definition) is 5. The first-order valence-corrected chi connectivity index (χ1v) is 8.22. The van der Waals surface area contributed by atoms with Crippen molar-refractivity contribution in [3.05, 3.63) is 24.3 Å². The molecule has 0 aliphatic carbocycles. The van der Waals surface area contributed by atoms with Crippen LogP contribution in [-0.4, -0.2) is 51.9 Å². The van der Waals surface area contributed by atoms with Crippen molar-refractivity contribution in [2.45, 2.75) is 30.6 Å². The highest BCUT2D eigenvalue weighted by atomic mass is 32.2. The second kappa shape index (κ2) is 5.92. The number of rotatable bonds is 4. The molecule has 6 nitrogen and oxygen atoms in total. The molecule has 1 aliphatic rings. The third-order valence-electron chi connectivity index (χ3n) is 3.27. The van der Waals surface area contributed by atoms with Crippen LogP contribution in [-0.2, 0) is 19.5 Å². The van der Waals surface area contributed by atoms with Crippen molar-refractivity contribution in [2.75, 3.05) is 32.6 Å². The summed E-state index contributed by atoms with van der Waals surface area (Å²) in [5, 5.41) is 3.27. The third-order valence-corrected chi connectivity index (χ3v) is 5.10. The molecule has 0 atom stereocenters. The van der Waals surface area contributed by atoms with Gasteiger partial charge in [0.1, 0.15) is 0 Å². The van der Waals surface area contributed by atoms with E-state index in [9.17, 15) is 8.42 Å². The molecule has 0 saturated carbocycles. The summed E-state index contributed by atoms with van der Waals surface area (Å²) in [6, 6.07) is 6.72. The number of benzene rings is 1. The smallest absolute Gasteiger partial charge is 0.242 e.